The molecule has 6 nitrogen and oxygen atoms in total. The number of nitrogens with two attached hydrogens (primary N) is 1. The molecule has 2 heterocycles. The van der Waals surface area contributed by atoms with Crippen LogP contribution in [0.4, 0.5) is 5.82 Å². The Morgan fingerprint density at radius 3 is 2.88 bits per heavy atom. The van der Waals surface area contributed by atoms with Gasteiger partial charge in [0.25, 0.3) is 5.91 Å². The monoisotopic (exact) mass is 343 g/mol. The number of carbonyl (C=O) groups excluding carboxylic acids is 1. The Labute approximate surface area is 144 Å². The molecule has 0 aliphatic rings. The highest BCUT2D eigenvalue weighted by Gasteiger charge is 2.18. The summed E-state index contributed by atoms with van der Waals surface area (Å²) in [5.74, 6) is 0.738. The number of benzene rings is 1. The molecule has 0 radical (unpaired) electrons. The minimum atomic E-state index is -0.272. The maximum absolute atomic E-state index is 12.4. The fraction of sp³-hybridized carbons (Fsp3) is 0.235. The molecule has 0 spiro atoms. The number of hydrogen-bond donors (Lipinski definition) is 2. The number of pyridine rings is 1. The van der Waals surface area contributed by atoms with E-state index in [1.54, 1.807) is 0 Å². The fourth-order valence-corrected chi connectivity index (χ4v) is 2.84. The van der Waals surface area contributed by atoms with Gasteiger partial charge in [0.2, 0.25) is 0 Å². The number of rotatable bonds is 4. The average Bonchev–Trinajstić information content (AvgIpc) is 2.96. The van der Waals surface area contributed by atoms with Gasteiger partial charge >= 0.3 is 0 Å². The van der Waals surface area contributed by atoms with Gasteiger partial charge < -0.3 is 15.6 Å². The first-order valence-corrected chi connectivity index (χ1v) is 8.06. The maximum atomic E-state index is 12.4. The predicted octanol–water partition coefficient (Wildman–Crippen LogP) is 3.18. The SMILES string of the molecule is CCn1c(C(C)NC(=O)c2cnc(N)c(Cl)c2)nc2ccccc21. The van der Waals surface area contributed by atoms with Crippen LogP contribution in [0.1, 0.15) is 36.1 Å². The molecule has 124 valence electrons. The Bertz CT molecular complexity index is 905. The van der Waals surface area contributed by atoms with E-state index in [2.05, 4.69) is 26.8 Å². The molecule has 0 saturated carbocycles. The number of aryl methyl sites for hydroxylation is 1. The lowest BCUT2D eigenvalue weighted by Gasteiger charge is -2.15. The van der Waals surface area contributed by atoms with Crippen LogP contribution in [0.15, 0.2) is 36.5 Å². The zero-order chi connectivity index (χ0) is 17.3. The molecule has 0 fully saturated rings. The lowest BCUT2D eigenvalue weighted by Crippen LogP contribution is -2.28. The number of imidazole rings is 1. The van der Waals surface area contributed by atoms with E-state index in [-0.39, 0.29) is 22.8 Å². The number of nitrogens with zero attached hydrogens (tertiary/aromatic N) is 3. The molecule has 0 aliphatic heterocycles. The zero-order valence-electron chi connectivity index (χ0n) is 13.5. The van der Waals surface area contributed by atoms with E-state index >= 15 is 0 Å². The number of para-hydroxylation sites is 2. The number of carbonyl (C=O) groups is 1. The van der Waals surface area contributed by atoms with Crippen molar-refractivity contribution in [2.24, 2.45) is 0 Å². The average molecular weight is 344 g/mol. The molecule has 1 atom stereocenters. The second-order valence-electron chi connectivity index (χ2n) is 5.49. The first-order chi connectivity index (χ1) is 11.5. The second kappa shape index (κ2) is 6.49. The number of halogens is 1. The zero-order valence-corrected chi connectivity index (χ0v) is 14.2. The first kappa shape index (κ1) is 16.3. The van der Waals surface area contributed by atoms with Gasteiger partial charge in [0.1, 0.15) is 11.6 Å². The highest BCUT2D eigenvalue weighted by atomic mass is 35.5. The summed E-state index contributed by atoms with van der Waals surface area (Å²) in [5.41, 5.74) is 7.89. The topological polar surface area (TPSA) is 85.8 Å². The highest BCUT2D eigenvalue weighted by Crippen LogP contribution is 2.22. The van der Waals surface area contributed by atoms with Crippen molar-refractivity contribution in [3.05, 3.63) is 52.9 Å². The summed E-state index contributed by atoms with van der Waals surface area (Å²) in [6.07, 6.45) is 1.41. The summed E-state index contributed by atoms with van der Waals surface area (Å²) in [6, 6.07) is 9.15. The van der Waals surface area contributed by atoms with Crippen LogP contribution in [-0.4, -0.2) is 20.4 Å². The van der Waals surface area contributed by atoms with Gasteiger partial charge in [0, 0.05) is 12.7 Å². The quantitative estimate of drug-likeness (QED) is 0.761. The van der Waals surface area contributed by atoms with Gasteiger partial charge in [-0.05, 0) is 32.0 Å². The number of fused-ring (bicyclic) bond motifs is 1. The Morgan fingerprint density at radius 1 is 1.42 bits per heavy atom. The van der Waals surface area contributed by atoms with Gasteiger partial charge in [-0.1, -0.05) is 23.7 Å². The molecule has 1 amide bonds. The second-order valence-corrected chi connectivity index (χ2v) is 5.90. The van der Waals surface area contributed by atoms with E-state index in [1.165, 1.54) is 12.3 Å². The number of amides is 1. The Morgan fingerprint density at radius 2 is 2.17 bits per heavy atom. The van der Waals surface area contributed by atoms with Crippen molar-refractivity contribution in [2.75, 3.05) is 5.73 Å². The van der Waals surface area contributed by atoms with Gasteiger partial charge in [-0.25, -0.2) is 9.97 Å². The van der Waals surface area contributed by atoms with Crippen molar-refractivity contribution in [1.82, 2.24) is 19.9 Å². The smallest absolute Gasteiger partial charge is 0.253 e. The van der Waals surface area contributed by atoms with Crippen molar-refractivity contribution >= 4 is 34.4 Å². The molecule has 3 rings (SSSR count). The molecule has 3 N–H and O–H groups in total. The van der Waals surface area contributed by atoms with E-state index in [9.17, 15) is 4.79 Å². The summed E-state index contributed by atoms with van der Waals surface area (Å²) in [4.78, 5) is 21.0. The summed E-state index contributed by atoms with van der Waals surface area (Å²) in [6.45, 7) is 4.72. The van der Waals surface area contributed by atoms with Crippen LogP contribution < -0.4 is 11.1 Å². The van der Waals surface area contributed by atoms with Gasteiger partial charge in [-0.3, -0.25) is 4.79 Å². The summed E-state index contributed by atoms with van der Waals surface area (Å²) in [5, 5.41) is 3.19. The van der Waals surface area contributed by atoms with Crippen molar-refractivity contribution in [3.63, 3.8) is 0 Å². The fourth-order valence-electron chi connectivity index (χ4n) is 2.67. The van der Waals surface area contributed by atoms with Crippen LogP contribution in [0, 0.1) is 0 Å². The molecule has 0 saturated heterocycles. The minimum Gasteiger partial charge on any atom is -0.382 e. The Balaban J connectivity index is 1.88. The summed E-state index contributed by atoms with van der Waals surface area (Å²) in [7, 11) is 0. The van der Waals surface area contributed by atoms with Gasteiger partial charge in [-0.15, -0.1) is 0 Å². The Hall–Kier alpha value is -2.60. The highest BCUT2D eigenvalue weighted by molar-refractivity contribution is 6.33. The third-order valence-corrected chi connectivity index (χ3v) is 4.17. The van der Waals surface area contributed by atoms with Crippen LogP contribution >= 0.6 is 11.6 Å². The van der Waals surface area contributed by atoms with Crippen molar-refractivity contribution in [3.8, 4) is 0 Å². The molecule has 1 unspecified atom stereocenters. The summed E-state index contributed by atoms with van der Waals surface area (Å²) >= 11 is 5.93. The molecule has 0 aliphatic carbocycles. The van der Waals surface area contributed by atoms with Crippen molar-refractivity contribution < 1.29 is 4.79 Å². The normalized spacial score (nSPS) is 12.3. The van der Waals surface area contributed by atoms with Crippen LogP contribution in [0.3, 0.4) is 0 Å². The van der Waals surface area contributed by atoms with Crippen LogP contribution in [0.25, 0.3) is 11.0 Å². The van der Waals surface area contributed by atoms with Crippen molar-refractivity contribution in [1.29, 1.82) is 0 Å². The molecule has 2 aromatic heterocycles. The van der Waals surface area contributed by atoms with E-state index < -0.39 is 0 Å². The van der Waals surface area contributed by atoms with E-state index in [0.29, 0.717) is 5.56 Å². The Kier molecular flexibility index (Phi) is 4.40. The van der Waals surface area contributed by atoms with Gasteiger partial charge in [0.15, 0.2) is 0 Å². The van der Waals surface area contributed by atoms with Gasteiger partial charge in [0.05, 0.1) is 27.7 Å². The van der Waals surface area contributed by atoms with E-state index in [1.807, 2.05) is 31.2 Å². The lowest BCUT2D eigenvalue weighted by molar-refractivity contribution is 0.0937. The van der Waals surface area contributed by atoms with Crippen LogP contribution in [0.2, 0.25) is 5.02 Å². The van der Waals surface area contributed by atoms with Crippen LogP contribution in [0.5, 0.6) is 0 Å². The number of aromatic nitrogens is 3. The maximum Gasteiger partial charge on any atom is 0.253 e. The number of nitrogens with one attached hydrogen (secondary N) is 1. The number of nitrogen functional groups attached to an aromatic ring is 1. The largest absolute Gasteiger partial charge is 0.382 e. The van der Waals surface area contributed by atoms with E-state index in [4.69, 9.17) is 17.3 Å². The first-order valence-electron chi connectivity index (χ1n) is 7.68. The van der Waals surface area contributed by atoms with Crippen LogP contribution in [-0.2, 0) is 6.54 Å². The van der Waals surface area contributed by atoms with Crippen molar-refractivity contribution in [2.45, 2.75) is 26.4 Å². The number of anilines is 1. The predicted molar refractivity (Wildman–Crippen MR) is 94.9 cm³/mol. The van der Waals surface area contributed by atoms with Gasteiger partial charge in [-0.2, -0.15) is 0 Å². The molecular formula is C17H18ClN5O. The minimum absolute atomic E-state index is 0.203. The number of hydrogen-bond acceptors (Lipinski definition) is 4. The lowest BCUT2D eigenvalue weighted by atomic mass is 10.2. The van der Waals surface area contributed by atoms with E-state index in [0.717, 1.165) is 23.4 Å². The summed E-state index contributed by atoms with van der Waals surface area (Å²) < 4.78 is 2.09. The molecule has 3 aromatic rings. The molecule has 1 aromatic carbocycles. The molecule has 0 bridgehead atoms. The molecular weight excluding hydrogens is 326 g/mol. The molecule has 24 heavy (non-hydrogen) atoms. The standard InChI is InChI=1S/C17H18ClN5O/c1-3-23-14-7-5-4-6-13(14)22-16(23)10(2)21-17(24)11-8-12(18)15(19)20-9-11/h4-10H,3H2,1-2H3,(H2,19,20)(H,21,24). The molecule has 7 heteroatoms. The third-order valence-electron chi connectivity index (χ3n) is 3.87. The third kappa shape index (κ3) is 2.92.